The van der Waals surface area contributed by atoms with Gasteiger partial charge in [0, 0.05) is 26.2 Å². The Morgan fingerprint density at radius 3 is 2.58 bits per heavy atom. The number of hydrogen-bond donors (Lipinski definition) is 1. The van der Waals surface area contributed by atoms with Gasteiger partial charge in [0.2, 0.25) is 5.91 Å². The summed E-state index contributed by atoms with van der Waals surface area (Å²) in [6.07, 6.45) is 2.06. The Kier molecular flexibility index (Phi) is 6.32. The van der Waals surface area contributed by atoms with Crippen molar-refractivity contribution in [3.8, 4) is 0 Å². The first-order valence-corrected chi connectivity index (χ1v) is 7.94. The lowest BCUT2D eigenvalue weighted by Crippen LogP contribution is -2.53. The van der Waals surface area contributed by atoms with Crippen molar-refractivity contribution < 1.29 is 9.21 Å². The molecule has 1 aromatic carbocycles. The average molecular weight is 373 g/mol. The predicted molar refractivity (Wildman–Crippen MR) is 98.3 cm³/mol. The topological polar surface area (TPSA) is 61.6 Å². The van der Waals surface area contributed by atoms with Gasteiger partial charge in [-0.2, -0.15) is 4.98 Å². The zero-order valence-electron chi connectivity index (χ0n) is 13.3. The van der Waals surface area contributed by atoms with Crippen LogP contribution >= 0.6 is 24.8 Å². The molecule has 2 aliphatic rings. The maximum atomic E-state index is 12.4. The summed E-state index contributed by atoms with van der Waals surface area (Å²) in [5.41, 5.74) is 1.69. The number of para-hydroxylation sites is 2. The third kappa shape index (κ3) is 3.61. The molecule has 0 saturated carbocycles. The second-order valence-electron chi connectivity index (χ2n) is 5.93. The zero-order valence-corrected chi connectivity index (χ0v) is 14.9. The van der Waals surface area contributed by atoms with Gasteiger partial charge in [0.25, 0.3) is 6.01 Å². The van der Waals surface area contributed by atoms with E-state index in [4.69, 9.17) is 4.42 Å². The van der Waals surface area contributed by atoms with Gasteiger partial charge in [-0.3, -0.25) is 4.79 Å². The van der Waals surface area contributed by atoms with Crippen LogP contribution in [0.4, 0.5) is 6.01 Å². The number of oxazole rings is 1. The number of halogens is 2. The van der Waals surface area contributed by atoms with Crippen LogP contribution < -0.4 is 10.2 Å². The number of anilines is 1. The summed E-state index contributed by atoms with van der Waals surface area (Å²) in [5.74, 6) is 0.245. The molecule has 24 heavy (non-hydrogen) atoms. The van der Waals surface area contributed by atoms with Crippen LogP contribution in [0.2, 0.25) is 0 Å². The normalized spacial score (nSPS) is 20.6. The number of benzene rings is 1. The predicted octanol–water partition coefficient (Wildman–Crippen LogP) is 2.07. The van der Waals surface area contributed by atoms with Crippen molar-refractivity contribution in [2.45, 2.75) is 18.9 Å². The van der Waals surface area contributed by atoms with E-state index in [-0.39, 0.29) is 36.8 Å². The van der Waals surface area contributed by atoms with Gasteiger partial charge in [-0.15, -0.1) is 24.8 Å². The van der Waals surface area contributed by atoms with Crippen molar-refractivity contribution in [3.63, 3.8) is 0 Å². The van der Waals surface area contributed by atoms with Gasteiger partial charge >= 0.3 is 0 Å². The van der Waals surface area contributed by atoms with E-state index in [2.05, 4.69) is 15.2 Å². The molecule has 1 unspecified atom stereocenters. The van der Waals surface area contributed by atoms with Crippen LogP contribution in [0.5, 0.6) is 0 Å². The number of nitrogens with zero attached hydrogens (tertiary/aromatic N) is 3. The Balaban J connectivity index is 0.00000104. The molecule has 1 atom stereocenters. The lowest BCUT2D eigenvalue weighted by Gasteiger charge is -2.35. The van der Waals surface area contributed by atoms with Crippen LogP contribution in [0.1, 0.15) is 12.8 Å². The number of piperazine rings is 1. The second-order valence-corrected chi connectivity index (χ2v) is 5.93. The third-order valence-corrected chi connectivity index (χ3v) is 4.50. The van der Waals surface area contributed by atoms with E-state index in [0.29, 0.717) is 6.01 Å². The summed E-state index contributed by atoms with van der Waals surface area (Å²) in [4.78, 5) is 21.0. The summed E-state index contributed by atoms with van der Waals surface area (Å²) >= 11 is 0. The number of rotatable bonds is 2. The van der Waals surface area contributed by atoms with Gasteiger partial charge in [0.05, 0.1) is 6.04 Å². The first-order valence-electron chi connectivity index (χ1n) is 7.94. The minimum Gasteiger partial charge on any atom is -0.423 e. The Bertz CT molecular complexity index is 647. The van der Waals surface area contributed by atoms with Crippen molar-refractivity contribution in [2.75, 3.05) is 37.6 Å². The number of nitrogens with one attached hydrogen (secondary N) is 1. The number of amides is 1. The molecule has 3 heterocycles. The lowest BCUT2D eigenvalue weighted by molar-refractivity contribution is -0.133. The van der Waals surface area contributed by atoms with E-state index < -0.39 is 0 Å². The molecule has 2 aliphatic heterocycles. The highest BCUT2D eigenvalue weighted by atomic mass is 35.5. The van der Waals surface area contributed by atoms with Crippen LogP contribution in [0.15, 0.2) is 28.7 Å². The van der Waals surface area contributed by atoms with Crippen LogP contribution in [-0.4, -0.2) is 54.6 Å². The van der Waals surface area contributed by atoms with E-state index in [1.807, 2.05) is 29.2 Å². The van der Waals surface area contributed by atoms with Crippen molar-refractivity contribution >= 4 is 47.8 Å². The van der Waals surface area contributed by atoms with Crippen LogP contribution in [0.25, 0.3) is 11.1 Å². The van der Waals surface area contributed by atoms with Gasteiger partial charge in [-0.25, -0.2) is 0 Å². The second kappa shape index (κ2) is 8.05. The molecule has 8 heteroatoms. The first-order chi connectivity index (χ1) is 10.8. The summed E-state index contributed by atoms with van der Waals surface area (Å²) in [6.45, 7) is 3.96. The monoisotopic (exact) mass is 372 g/mol. The summed E-state index contributed by atoms with van der Waals surface area (Å²) < 4.78 is 5.80. The van der Waals surface area contributed by atoms with Crippen molar-refractivity contribution in [2.24, 2.45) is 0 Å². The highest BCUT2D eigenvalue weighted by molar-refractivity contribution is 5.85. The zero-order chi connectivity index (χ0) is 14.9. The molecule has 2 fully saturated rings. The molecular weight excluding hydrogens is 351 g/mol. The molecule has 0 radical (unpaired) electrons. The van der Waals surface area contributed by atoms with Gasteiger partial charge < -0.3 is 19.5 Å². The minimum absolute atomic E-state index is 0. The molecule has 0 aliphatic carbocycles. The van der Waals surface area contributed by atoms with Gasteiger partial charge in [-0.1, -0.05) is 12.1 Å². The fraction of sp³-hybridized carbons (Fsp3) is 0.500. The summed E-state index contributed by atoms with van der Waals surface area (Å²) in [7, 11) is 0. The highest BCUT2D eigenvalue weighted by Crippen LogP contribution is 2.22. The van der Waals surface area contributed by atoms with Crippen LogP contribution in [0, 0.1) is 0 Å². The molecule has 2 aromatic rings. The maximum Gasteiger partial charge on any atom is 0.298 e. The maximum absolute atomic E-state index is 12.4. The van der Waals surface area contributed by atoms with E-state index in [1.54, 1.807) is 0 Å². The lowest BCUT2D eigenvalue weighted by atomic mass is 10.2. The average Bonchev–Trinajstić information content (AvgIpc) is 3.23. The number of hydrogen-bond acceptors (Lipinski definition) is 5. The molecule has 132 valence electrons. The van der Waals surface area contributed by atoms with Crippen molar-refractivity contribution in [3.05, 3.63) is 24.3 Å². The molecule has 2 saturated heterocycles. The SMILES string of the molecule is Cl.Cl.O=C(C1CCCN1)N1CCN(c2nc3ccccc3o2)CC1. The van der Waals surface area contributed by atoms with Crippen molar-refractivity contribution in [1.82, 2.24) is 15.2 Å². The fourth-order valence-corrected chi connectivity index (χ4v) is 3.23. The number of fused-ring (bicyclic) bond motifs is 1. The fourth-order valence-electron chi connectivity index (χ4n) is 3.23. The van der Waals surface area contributed by atoms with Crippen LogP contribution in [-0.2, 0) is 4.79 Å². The third-order valence-electron chi connectivity index (χ3n) is 4.50. The molecule has 1 amide bonds. The quantitative estimate of drug-likeness (QED) is 0.874. The standard InChI is InChI=1S/C16H20N4O2.2ClH/c21-15(13-5-3-7-17-13)19-8-10-20(11-9-19)16-18-12-4-1-2-6-14(12)22-16;;/h1-2,4,6,13,17H,3,5,7-11H2;2*1H. The number of aromatic nitrogens is 1. The molecule has 1 N–H and O–H groups in total. The molecular formula is C16H22Cl2N4O2. The van der Waals surface area contributed by atoms with E-state index in [0.717, 1.165) is 56.7 Å². The molecule has 1 aromatic heterocycles. The smallest absolute Gasteiger partial charge is 0.298 e. The summed E-state index contributed by atoms with van der Waals surface area (Å²) in [6, 6.07) is 8.47. The number of carbonyl (C=O) groups is 1. The summed E-state index contributed by atoms with van der Waals surface area (Å²) in [5, 5.41) is 3.28. The highest BCUT2D eigenvalue weighted by Gasteiger charge is 2.30. The molecule has 6 nitrogen and oxygen atoms in total. The Morgan fingerprint density at radius 2 is 1.92 bits per heavy atom. The Labute approximate surface area is 153 Å². The van der Waals surface area contributed by atoms with E-state index in [9.17, 15) is 4.79 Å². The molecule has 0 spiro atoms. The Hall–Kier alpha value is -1.50. The Morgan fingerprint density at radius 1 is 1.17 bits per heavy atom. The van der Waals surface area contributed by atoms with Gasteiger partial charge in [-0.05, 0) is 31.5 Å². The van der Waals surface area contributed by atoms with Crippen molar-refractivity contribution in [1.29, 1.82) is 0 Å². The first kappa shape index (κ1) is 18.8. The van der Waals surface area contributed by atoms with Gasteiger partial charge in [0.15, 0.2) is 5.58 Å². The van der Waals surface area contributed by atoms with E-state index >= 15 is 0 Å². The minimum atomic E-state index is 0. The number of carbonyl (C=O) groups excluding carboxylic acids is 1. The van der Waals surface area contributed by atoms with Gasteiger partial charge in [0.1, 0.15) is 5.52 Å². The largest absolute Gasteiger partial charge is 0.423 e. The van der Waals surface area contributed by atoms with Crippen LogP contribution in [0.3, 0.4) is 0 Å². The molecule has 0 bridgehead atoms. The molecule has 4 rings (SSSR count). The van der Waals surface area contributed by atoms with E-state index in [1.165, 1.54) is 0 Å².